The molecule has 0 bridgehead atoms. The van der Waals surface area contributed by atoms with Crippen LogP contribution in [0.4, 0.5) is 4.39 Å². The molecule has 1 aromatic carbocycles. The Morgan fingerprint density at radius 1 is 1.38 bits per heavy atom. The Labute approximate surface area is 130 Å². The summed E-state index contributed by atoms with van der Waals surface area (Å²) < 4.78 is 15.6. The fourth-order valence-corrected chi connectivity index (χ4v) is 2.54. The molecule has 0 amide bonds. The zero-order valence-electron chi connectivity index (χ0n) is 12.6. The van der Waals surface area contributed by atoms with Crippen LogP contribution < -0.4 is 5.32 Å². The van der Waals surface area contributed by atoms with Gasteiger partial charge in [-0.1, -0.05) is 30.7 Å². The lowest BCUT2D eigenvalue weighted by atomic mass is 10.0. The molecule has 3 nitrogen and oxygen atoms in total. The van der Waals surface area contributed by atoms with Gasteiger partial charge in [0.2, 0.25) is 0 Å². The van der Waals surface area contributed by atoms with E-state index in [2.05, 4.69) is 24.3 Å². The van der Waals surface area contributed by atoms with Crippen LogP contribution in [0.1, 0.15) is 43.6 Å². The number of likely N-dealkylation sites (N-methyl/N-ethyl adjacent to an activating group) is 1. The van der Waals surface area contributed by atoms with Crippen molar-refractivity contribution in [3.63, 3.8) is 0 Å². The third-order valence-electron chi connectivity index (χ3n) is 3.82. The Hall–Kier alpha value is -1.39. The average molecular weight is 310 g/mol. The standard InChI is InChI=1S/C16H21ClFN3/c1-4-11(2)21-9-8-12(20-21)10-15(19-3)13-6-5-7-14(18)16(13)17/h5-9,11,15,19H,4,10H2,1-3H3. The number of nitrogens with zero attached hydrogens (tertiary/aromatic N) is 2. The second-order valence-corrected chi connectivity index (χ2v) is 5.61. The molecule has 2 atom stereocenters. The number of benzene rings is 1. The quantitative estimate of drug-likeness (QED) is 0.868. The summed E-state index contributed by atoms with van der Waals surface area (Å²) in [4.78, 5) is 0. The van der Waals surface area contributed by atoms with Crippen molar-refractivity contribution in [1.82, 2.24) is 15.1 Å². The van der Waals surface area contributed by atoms with Gasteiger partial charge in [-0.05, 0) is 38.1 Å². The summed E-state index contributed by atoms with van der Waals surface area (Å²) in [6, 6.07) is 7.22. The van der Waals surface area contributed by atoms with E-state index >= 15 is 0 Å². The lowest BCUT2D eigenvalue weighted by Gasteiger charge is -2.17. The highest BCUT2D eigenvalue weighted by Gasteiger charge is 2.17. The van der Waals surface area contributed by atoms with Crippen molar-refractivity contribution in [3.05, 3.63) is 52.6 Å². The van der Waals surface area contributed by atoms with Gasteiger partial charge in [0.15, 0.2) is 0 Å². The molecule has 2 rings (SSSR count). The van der Waals surface area contributed by atoms with Crippen molar-refractivity contribution in [3.8, 4) is 0 Å². The van der Waals surface area contributed by atoms with Crippen molar-refractivity contribution in [2.45, 2.75) is 38.8 Å². The van der Waals surface area contributed by atoms with Crippen molar-refractivity contribution in [1.29, 1.82) is 0 Å². The fourth-order valence-electron chi connectivity index (χ4n) is 2.29. The topological polar surface area (TPSA) is 29.9 Å². The zero-order chi connectivity index (χ0) is 15.4. The van der Waals surface area contributed by atoms with Gasteiger partial charge in [0.1, 0.15) is 5.82 Å². The van der Waals surface area contributed by atoms with Crippen LogP contribution in [0.3, 0.4) is 0 Å². The van der Waals surface area contributed by atoms with Crippen LogP contribution in [0.5, 0.6) is 0 Å². The molecule has 0 aliphatic rings. The minimum Gasteiger partial charge on any atom is -0.313 e. The van der Waals surface area contributed by atoms with Crippen LogP contribution in [0, 0.1) is 5.82 Å². The normalized spacial score (nSPS) is 14.1. The fraction of sp³-hybridized carbons (Fsp3) is 0.438. The Morgan fingerprint density at radius 2 is 2.14 bits per heavy atom. The third-order valence-corrected chi connectivity index (χ3v) is 4.22. The van der Waals surface area contributed by atoms with Gasteiger partial charge in [0.25, 0.3) is 0 Å². The molecule has 0 saturated carbocycles. The molecule has 0 spiro atoms. The first-order valence-corrected chi connectivity index (χ1v) is 7.59. The van der Waals surface area contributed by atoms with Crippen LogP contribution in [-0.4, -0.2) is 16.8 Å². The highest BCUT2D eigenvalue weighted by molar-refractivity contribution is 6.31. The second kappa shape index (κ2) is 7.05. The Kier molecular flexibility index (Phi) is 5.37. The Balaban J connectivity index is 2.19. The largest absolute Gasteiger partial charge is 0.313 e. The Bertz CT molecular complexity index is 597. The minimum absolute atomic E-state index is 0.0616. The molecule has 1 N–H and O–H groups in total. The van der Waals surface area contributed by atoms with Gasteiger partial charge in [0, 0.05) is 24.7 Å². The summed E-state index contributed by atoms with van der Waals surface area (Å²) in [7, 11) is 1.84. The maximum Gasteiger partial charge on any atom is 0.142 e. The summed E-state index contributed by atoms with van der Waals surface area (Å²) in [5.74, 6) is -0.389. The lowest BCUT2D eigenvalue weighted by molar-refractivity contribution is 0.469. The van der Waals surface area contributed by atoms with Gasteiger partial charge < -0.3 is 5.32 Å². The van der Waals surface area contributed by atoms with Gasteiger partial charge in [-0.2, -0.15) is 5.10 Å². The molecule has 2 aromatic rings. The molecule has 0 saturated heterocycles. The summed E-state index contributed by atoms with van der Waals surface area (Å²) in [6.07, 6.45) is 3.69. The summed E-state index contributed by atoms with van der Waals surface area (Å²) >= 11 is 6.07. The molecule has 5 heteroatoms. The van der Waals surface area contributed by atoms with Crippen LogP contribution in [0.25, 0.3) is 0 Å². The van der Waals surface area contributed by atoms with Crippen LogP contribution in [-0.2, 0) is 6.42 Å². The Morgan fingerprint density at radius 3 is 2.81 bits per heavy atom. The van der Waals surface area contributed by atoms with Crippen LogP contribution in [0.2, 0.25) is 5.02 Å². The molecule has 0 aliphatic carbocycles. The molecule has 0 radical (unpaired) electrons. The van der Waals surface area contributed by atoms with Crippen molar-refractivity contribution in [2.24, 2.45) is 0 Å². The lowest BCUT2D eigenvalue weighted by Crippen LogP contribution is -2.20. The number of halogens is 2. The minimum atomic E-state index is -0.389. The second-order valence-electron chi connectivity index (χ2n) is 5.23. The van der Waals surface area contributed by atoms with Gasteiger partial charge in [-0.3, -0.25) is 4.68 Å². The van der Waals surface area contributed by atoms with E-state index in [9.17, 15) is 4.39 Å². The summed E-state index contributed by atoms with van der Waals surface area (Å²) in [5, 5.41) is 7.95. The molecule has 0 fully saturated rings. The van der Waals surface area contributed by atoms with Gasteiger partial charge >= 0.3 is 0 Å². The monoisotopic (exact) mass is 309 g/mol. The highest BCUT2D eigenvalue weighted by atomic mass is 35.5. The van der Waals surface area contributed by atoms with E-state index in [1.54, 1.807) is 6.07 Å². The van der Waals surface area contributed by atoms with Crippen molar-refractivity contribution >= 4 is 11.6 Å². The smallest absolute Gasteiger partial charge is 0.142 e. The molecular weight excluding hydrogens is 289 g/mol. The third kappa shape index (κ3) is 3.63. The van der Waals surface area contributed by atoms with E-state index in [4.69, 9.17) is 11.6 Å². The molecule has 114 valence electrons. The van der Waals surface area contributed by atoms with Crippen LogP contribution in [0.15, 0.2) is 30.5 Å². The van der Waals surface area contributed by atoms with Gasteiger partial charge in [-0.15, -0.1) is 0 Å². The summed E-state index contributed by atoms with van der Waals surface area (Å²) in [5.41, 5.74) is 1.73. The molecular formula is C16H21ClFN3. The first kappa shape index (κ1) is 16.0. The van der Waals surface area contributed by atoms with E-state index in [0.717, 1.165) is 17.7 Å². The van der Waals surface area contributed by atoms with Gasteiger partial charge in [-0.25, -0.2) is 4.39 Å². The molecule has 1 heterocycles. The molecule has 0 aliphatic heterocycles. The predicted molar refractivity (Wildman–Crippen MR) is 84.1 cm³/mol. The number of nitrogens with one attached hydrogen (secondary N) is 1. The SMILES string of the molecule is CCC(C)n1ccc(CC(NC)c2cccc(F)c2Cl)n1. The van der Waals surface area contributed by atoms with E-state index in [1.165, 1.54) is 6.07 Å². The van der Waals surface area contributed by atoms with Crippen LogP contribution >= 0.6 is 11.6 Å². The predicted octanol–water partition coefficient (Wildman–Crippen LogP) is 4.15. The zero-order valence-corrected chi connectivity index (χ0v) is 13.4. The number of aromatic nitrogens is 2. The first-order valence-electron chi connectivity index (χ1n) is 7.22. The number of hydrogen-bond acceptors (Lipinski definition) is 2. The average Bonchev–Trinajstić information content (AvgIpc) is 2.95. The molecule has 2 unspecified atom stereocenters. The maximum atomic E-state index is 13.6. The summed E-state index contributed by atoms with van der Waals surface area (Å²) in [6.45, 7) is 4.27. The van der Waals surface area contributed by atoms with E-state index in [-0.39, 0.29) is 16.9 Å². The number of rotatable bonds is 6. The first-order chi connectivity index (χ1) is 10.1. The van der Waals surface area contributed by atoms with E-state index in [0.29, 0.717) is 12.5 Å². The van der Waals surface area contributed by atoms with Crippen molar-refractivity contribution < 1.29 is 4.39 Å². The highest BCUT2D eigenvalue weighted by Crippen LogP contribution is 2.27. The van der Waals surface area contributed by atoms with Crippen molar-refractivity contribution in [2.75, 3.05) is 7.05 Å². The maximum absolute atomic E-state index is 13.6. The molecule has 21 heavy (non-hydrogen) atoms. The van der Waals surface area contributed by atoms with Gasteiger partial charge in [0.05, 0.1) is 10.7 Å². The molecule has 1 aromatic heterocycles. The number of hydrogen-bond donors (Lipinski definition) is 1. The van der Waals surface area contributed by atoms with E-state index in [1.807, 2.05) is 30.1 Å². The van der Waals surface area contributed by atoms with E-state index < -0.39 is 0 Å².